The molecule has 9 nitrogen and oxygen atoms in total. The molecule has 4 heterocycles. The van der Waals surface area contributed by atoms with Gasteiger partial charge in [0.05, 0.1) is 32.0 Å². The number of pyridine rings is 1. The summed E-state index contributed by atoms with van der Waals surface area (Å²) in [5.41, 5.74) is 1.13. The van der Waals surface area contributed by atoms with Crippen molar-refractivity contribution < 1.29 is 18.8 Å². The molecule has 1 unspecified atom stereocenters. The van der Waals surface area contributed by atoms with Gasteiger partial charge in [0.15, 0.2) is 0 Å². The summed E-state index contributed by atoms with van der Waals surface area (Å²) in [5, 5.41) is 8.02. The number of nitrogens with zero attached hydrogens (tertiary/aromatic N) is 5. The first-order valence-corrected chi connectivity index (χ1v) is 7.45. The highest BCUT2D eigenvalue weighted by atomic mass is 16.5. The van der Waals surface area contributed by atoms with Crippen LogP contribution in [-0.2, 0) is 4.74 Å². The molecule has 1 fully saturated rings. The van der Waals surface area contributed by atoms with Crippen molar-refractivity contribution >= 4 is 11.4 Å². The number of rotatable bonds is 3. The maximum atomic E-state index is 13.0. The zero-order valence-corrected chi connectivity index (χ0v) is 13.0. The van der Waals surface area contributed by atoms with Gasteiger partial charge in [0.1, 0.15) is 17.4 Å². The first-order chi connectivity index (χ1) is 11.8. The zero-order valence-electron chi connectivity index (χ0n) is 13.0. The number of carbonyl (C=O) groups is 1. The van der Waals surface area contributed by atoms with Crippen molar-refractivity contribution in [2.24, 2.45) is 0 Å². The number of carbonyl (C=O) groups excluding carboxylic acids is 1. The molecule has 1 aliphatic rings. The molecule has 3 aromatic rings. The number of aromatic nitrogens is 4. The van der Waals surface area contributed by atoms with Gasteiger partial charge in [-0.25, -0.2) is 4.52 Å². The molecule has 0 spiro atoms. The van der Waals surface area contributed by atoms with E-state index in [-0.39, 0.29) is 5.91 Å². The van der Waals surface area contributed by atoms with Crippen LogP contribution in [-0.4, -0.2) is 57.4 Å². The Labute approximate surface area is 136 Å². The van der Waals surface area contributed by atoms with Crippen LogP contribution in [0.1, 0.15) is 22.3 Å². The molecule has 1 amide bonds. The highest BCUT2D eigenvalue weighted by Gasteiger charge is 2.30. The molecule has 0 aromatic carbocycles. The van der Waals surface area contributed by atoms with Crippen molar-refractivity contribution in [3.63, 3.8) is 0 Å². The standard InChI is InChI=1S/C15H15N5O4/c1-22-11-3-2-4-20-13(11)10(7-17-20)15(21)19-5-6-23-12(8-19)14-16-9-24-18-14/h2-4,7,9,12H,5-6,8H2,1H3. The molecule has 3 aromatic heterocycles. The number of amides is 1. The van der Waals surface area contributed by atoms with E-state index < -0.39 is 6.10 Å². The first kappa shape index (κ1) is 14.6. The fraction of sp³-hybridized carbons (Fsp3) is 0.333. The Bertz CT molecular complexity index is 860. The molecule has 0 aliphatic carbocycles. The molecular weight excluding hydrogens is 314 g/mol. The number of fused-ring (bicyclic) bond motifs is 1. The Morgan fingerprint density at radius 2 is 2.38 bits per heavy atom. The minimum atomic E-state index is -0.398. The Balaban J connectivity index is 1.64. The highest BCUT2D eigenvalue weighted by molar-refractivity contribution is 6.02. The maximum absolute atomic E-state index is 13.0. The van der Waals surface area contributed by atoms with E-state index >= 15 is 0 Å². The lowest BCUT2D eigenvalue weighted by atomic mass is 10.2. The van der Waals surface area contributed by atoms with Crippen LogP contribution in [0, 0.1) is 0 Å². The molecule has 0 N–H and O–H groups in total. The zero-order chi connectivity index (χ0) is 16.5. The summed E-state index contributed by atoms with van der Waals surface area (Å²) in [6.07, 6.45) is 4.18. The summed E-state index contributed by atoms with van der Waals surface area (Å²) in [5.74, 6) is 0.901. The van der Waals surface area contributed by atoms with Crippen molar-refractivity contribution in [3.8, 4) is 5.75 Å². The lowest BCUT2D eigenvalue weighted by molar-refractivity contribution is -0.0275. The predicted octanol–water partition coefficient (Wildman–Crippen LogP) is 0.940. The number of methoxy groups -OCH3 is 1. The van der Waals surface area contributed by atoms with Crippen molar-refractivity contribution in [2.75, 3.05) is 26.8 Å². The van der Waals surface area contributed by atoms with Gasteiger partial charge in [-0.2, -0.15) is 10.1 Å². The van der Waals surface area contributed by atoms with Gasteiger partial charge in [0.25, 0.3) is 5.91 Å². The largest absolute Gasteiger partial charge is 0.494 e. The number of hydrogen-bond donors (Lipinski definition) is 0. The van der Waals surface area contributed by atoms with Gasteiger partial charge in [-0.05, 0) is 12.1 Å². The van der Waals surface area contributed by atoms with Gasteiger partial charge in [0.2, 0.25) is 12.2 Å². The van der Waals surface area contributed by atoms with Crippen LogP contribution in [0.2, 0.25) is 0 Å². The second kappa shape index (κ2) is 5.93. The summed E-state index contributed by atoms with van der Waals surface area (Å²) in [6, 6.07) is 3.61. The van der Waals surface area contributed by atoms with E-state index in [0.29, 0.717) is 42.4 Å². The van der Waals surface area contributed by atoms with E-state index in [1.165, 1.54) is 6.39 Å². The number of ether oxygens (including phenoxy) is 2. The molecule has 1 aliphatic heterocycles. The summed E-state index contributed by atoms with van der Waals surface area (Å²) in [4.78, 5) is 18.7. The molecule has 1 saturated heterocycles. The van der Waals surface area contributed by atoms with E-state index in [0.717, 1.165) is 0 Å². The summed E-state index contributed by atoms with van der Waals surface area (Å²) in [7, 11) is 1.57. The Kier molecular flexibility index (Phi) is 3.62. The molecule has 24 heavy (non-hydrogen) atoms. The van der Waals surface area contributed by atoms with Crippen molar-refractivity contribution in [1.29, 1.82) is 0 Å². The molecule has 4 rings (SSSR count). The van der Waals surface area contributed by atoms with E-state index in [4.69, 9.17) is 14.0 Å². The van der Waals surface area contributed by atoms with Crippen LogP contribution >= 0.6 is 0 Å². The van der Waals surface area contributed by atoms with Crippen LogP contribution in [0.25, 0.3) is 5.52 Å². The first-order valence-electron chi connectivity index (χ1n) is 7.45. The molecule has 124 valence electrons. The quantitative estimate of drug-likeness (QED) is 0.705. The highest BCUT2D eigenvalue weighted by Crippen LogP contribution is 2.26. The maximum Gasteiger partial charge on any atom is 0.258 e. The van der Waals surface area contributed by atoms with Gasteiger partial charge in [-0.15, -0.1) is 0 Å². The Morgan fingerprint density at radius 1 is 1.46 bits per heavy atom. The van der Waals surface area contributed by atoms with Gasteiger partial charge in [-0.1, -0.05) is 5.16 Å². The van der Waals surface area contributed by atoms with Crippen LogP contribution in [0.3, 0.4) is 0 Å². The lowest BCUT2D eigenvalue weighted by Gasteiger charge is -2.31. The third kappa shape index (κ3) is 2.38. The molecule has 0 radical (unpaired) electrons. The van der Waals surface area contributed by atoms with Crippen molar-refractivity contribution in [1.82, 2.24) is 24.7 Å². The minimum Gasteiger partial charge on any atom is -0.494 e. The van der Waals surface area contributed by atoms with Gasteiger partial charge >= 0.3 is 0 Å². The fourth-order valence-electron chi connectivity index (χ4n) is 2.81. The number of morpholine rings is 1. The third-order valence-corrected chi connectivity index (χ3v) is 3.97. The van der Waals surface area contributed by atoms with Crippen molar-refractivity contribution in [3.05, 3.63) is 42.3 Å². The summed E-state index contributed by atoms with van der Waals surface area (Å²) in [6.45, 7) is 1.24. The second-order valence-corrected chi connectivity index (χ2v) is 5.33. The van der Waals surface area contributed by atoms with Gasteiger partial charge < -0.3 is 18.9 Å². The molecular formula is C15H15N5O4. The SMILES string of the molecule is COc1cccn2ncc(C(=O)N3CCOC(c4ncon4)C3)c12. The van der Waals surface area contributed by atoms with Crippen molar-refractivity contribution in [2.45, 2.75) is 6.10 Å². The second-order valence-electron chi connectivity index (χ2n) is 5.33. The molecule has 0 bridgehead atoms. The summed E-state index contributed by atoms with van der Waals surface area (Å²) < 4.78 is 17.4. The normalized spacial score (nSPS) is 18.0. The minimum absolute atomic E-state index is 0.133. The summed E-state index contributed by atoms with van der Waals surface area (Å²) >= 11 is 0. The van der Waals surface area contributed by atoms with Crippen LogP contribution in [0.5, 0.6) is 5.75 Å². The molecule has 9 heteroatoms. The van der Waals surface area contributed by atoms with E-state index in [2.05, 4.69) is 15.2 Å². The van der Waals surface area contributed by atoms with Gasteiger partial charge in [-0.3, -0.25) is 4.79 Å². The number of hydrogen-bond acceptors (Lipinski definition) is 7. The van der Waals surface area contributed by atoms with E-state index in [9.17, 15) is 4.79 Å². The monoisotopic (exact) mass is 329 g/mol. The Morgan fingerprint density at radius 3 is 3.17 bits per heavy atom. The van der Waals surface area contributed by atoms with Crippen LogP contribution < -0.4 is 4.74 Å². The fourth-order valence-corrected chi connectivity index (χ4v) is 2.81. The smallest absolute Gasteiger partial charge is 0.258 e. The predicted molar refractivity (Wildman–Crippen MR) is 80.6 cm³/mol. The van der Waals surface area contributed by atoms with Crippen LogP contribution in [0.15, 0.2) is 35.4 Å². The molecule has 0 saturated carbocycles. The Hall–Kier alpha value is -2.94. The third-order valence-electron chi connectivity index (χ3n) is 3.97. The average Bonchev–Trinajstić information content (AvgIpc) is 3.30. The van der Waals surface area contributed by atoms with E-state index in [1.54, 1.807) is 35.0 Å². The van der Waals surface area contributed by atoms with Crippen LogP contribution in [0.4, 0.5) is 0 Å². The molecule has 1 atom stereocenters. The van der Waals surface area contributed by atoms with E-state index in [1.807, 2.05) is 6.07 Å². The van der Waals surface area contributed by atoms with Gasteiger partial charge in [0, 0.05) is 12.7 Å². The lowest BCUT2D eigenvalue weighted by Crippen LogP contribution is -2.42. The topological polar surface area (TPSA) is 95.0 Å². The average molecular weight is 329 g/mol.